The number of rotatable bonds is 3. The molecule has 0 aliphatic carbocycles. The summed E-state index contributed by atoms with van der Waals surface area (Å²) in [6.45, 7) is 6.73. The van der Waals surface area contributed by atoms with Crippen LogP contribution in [0.15, 0.2) is 84.9 Å². The van der Waals surface area contributed by atoms with Crippen molar-refractivity contribution in [2.75, 3.05) is 0 Å². The molecular weight excluding hydrogens is 331 g/mol. The van der Waals surface area contributed by atoms with E-state index < -0.39 is 7.92 Å². The van der Waals surface area contributed by atoms with E-state index in [0.717, 1.165) is 0 Å². The minimum Gasteiger partial charge on any atom is -0.0622 e. The zero-order valence-electron chi connectivity index (χ0n) is 15.5. The fraction of sp³-hybridized carbons (Fsp3) is 0.120. The monoisotopic (exact) mass is 354 g/mol. The molecule has 4 rings (SSSR count). The van der Waals surface area contributed by atoms with Gasteiger partial charge in [0.15, 0.2) is 0 Å². The van der Waals surface area contributed by atoms with E-state index in [1.165, 1.54) is 43.4 Å². The molecule has 0 heterocycles. The number of hydrogen-bond acceptors (Lipinski definition) is 0. The van der Waals surface area contributed by atoms with E-state index in [0.29, 0.717) is 0 Å². The predicted octanol–water partition coefficient (Wildman–Crippen LogP) is 5.52. The van der Waals surface area contributed by atoms with Gasteiger partial charge in [-0.25, -0.2) is 0 Å². The van der Waals surface area contributed by atoms with Gasteiger partial charge in [-0.05, 0) is 72.1 Å². The van der Waals surface area contributed by atoms with Crippen LogP contribution in [0.25, 0.3) is 10.8 Å². The second-order valence-electron chi connectivity index (χ2n) is 6.82. The molecular formula is C25H23P. The van der Waals surface area contributed by atoms with Crippen LogP contribution in [0.5, 0.6) is 0 Å². The summed E-state index contributed by atoms with van der Waals surface area (Å²) in [4.78, 5) is 0. The molecule has 0 spiro atoms. The zero-order chi connectivity index (χ0) is 18.1. The number of aryl methyl sites for hydroxylation is 1. The standard InChI is InChI=1S/C25H23P/c1-18-16-17-24(20(3)19(18)2)26(22-12-5-4-6-13-22)25-15-9-11-21-10-7-8-14-23(21)25/h4-17H,1-3H3. The first kappa shape index (κ1) is 17.0. The third kappa shape index (κ3) is 2.96. The smallest absolute Gasteiger partial charge is 0.00725 e. The molecule has 0 amide bonds. The highest BCUT2D eigenvalue weighted by atomic mass is 31.1. The Morgan fingerprint density at radius 3 is 2.04 bits per heavy atom. The summed E-state index contributed by atoms with van der Waals surface area (Å²) in [6.07, 6.45) is 0. The van der Waals surface area contributed by atoms with Crippen molar-refractivity contribution in [3.8, 4) is 0 Å². The number of fused-ring (bicyclic) bond motifs is 1. The fourth-order valence-corrected chi connectivity index (χ4v) is 6.26. The number of benzene rings is 4. The van der Waals surface area contributed by atoms with Crippen LogP contribution in [0.2, 0.25) is 0 Å². The van der Waals surface area contributed by atoms with Crippen molar-refractivity contribution in [3.05, 3.63) is 102 Å². The average molecular weight is 354 g/mol. The molecule has 4 aromatic carbocycles. The van der Waals surface area contributed by atoms with Crippen molar-refractivity contribution < 1.29 is 0 Å². The maximum atomic E-state index is 2.35. The van der Waals surface area contributed by atoms with Crippen molar-refractivity contribution in [1.29, 1.82) is 0 Å². The summed E-state index contributed by atoms with van der Waals surface area (Å²) in [6, 6.07) is 31.1. The third-order valence-electron chi connectivity index (χ3n) is 5.29. The Kier molecular flexibility index (Phi) is 4.62. The molecule has 0 bridgehead atoms. The van der Waals surface area contributed by atoms with Gasteiger partial charge in [0.2, 0.25) is 0 Å². The minimum absolute atomic E-state index is 0.595. The Morgan fingerprint density at radius 2 is 1.23 bits per heavy atom. The molecule has 0 radical (unpaired) electrons. The Labute approximate surface area is 157 Å². The summed E-state index contributed by atoms with van der Waals surface area (Å²) in [5.41, 5.74) is 4.20. The van der Waals surface area contributed by atoms with Crippen LogP contribution >= 0.6 is 7.92 Å². The Balaban J connectivity index is 2.03. The van der Waals surface area contributed by atoms with E-state index >= 15 is 0 Å². The molecule has 4 aromatic rings. The Hall–Kier alpha value is -2.43. The highest BCUT2D eigenvalue weighted by molar-refractivity contribution is 7.80. The lowest BCUT2D eigenvalue weighted by atomic mass is 10.1. The molecule has 1 unspecified atom stereocenters. The van der Waals surface area contributed by atoms with Gasteiger partial charge in [-0.2, -0.15) is 0 Å². The lowest BCUT2D eigenvalue weighted by molar-refractivity contribution is 1.29. The Bertz CT molecular complexity index is 1060. The van der Waals surface area contributed by atoms with Gasteiger partial charge in [-0.1, -0.05) is 84.9 Å². The molecule has 1 heteroatoms. The Morgan fingerprint density at radius 1 is 0.538 bits per heavy atom. The second-order valence-corrected chi connectivity index (χ2v) is 8.97. The van der Waals surface area contributed by atoms with E-state index in [1.807, 2.05) is 0 Å². The van der Waals surface area contributed by atoms with Gasteiger partial charge >= 0.3 is 0 Å². The van der Waals surface area contributed by atoms with Crippen LogP contribution in [0.4, 0.5) is 0 Å². The molecule has 0 saturated heterocycles. The number of hydrogen-bond donors (Lipinski definition) is 0. The van der Waals surface area contributed by atoms with Crippen LogP contribution in [0.3, 0.4) is 0 Å². The van der Waals surface area contributed by atoms with Gasteiger partial charge in [-0.15, -0.1) is 0 Å². The van der Waals surface area contributed by atoms with Gasteiger partial charge in [0, 0.05) is 0 Å². The van der Waals surface area contributed by atoms with Crippen molar-refractivity contribution in [3.63, 3.8) is 0 Å². The first-order valence-corrected chi connectivity index (χ1v) is 10.4. The molecule has 0 aromatic heterocycles. The van der Waals surface area contributed by atoms with Crippen LogP contribution in [0.1, 0.15) is 16.7 Å². The normalized spacial score (nSPS) is 12.3. The van der Waals surface area contributed by atoms with Crippen LogP contribution in [-0.4, -0.2) is 0 Å². The van der Waals surface area contributed by atoms with Crippen molar-refractivity contribution >= 4 is 34.6 Å². The maximum absolute atomic E-state index is 2.35. The highest BCUT2D eigenvalue weighted by Crippen LogP contribution is 2.37. The predicted molar refractivity (Wildman–Crippen MR) is 117 cm³/mol. The van der Waals surface area contributed by atoms with Crippen LogP contribution in [-0.2, 0) is 0 Å². The van der Waals surface area contributed by atoms with Crippen LogP contribution < -0.4 is 15.9 Å². The van der Waals surface area contributed by atoms with Gasteiger partial charge < -0.3 is 0 Å². The molecule has 0 aliphatic heterocycles. The van der Waals surface area contributed by atoms with Gasteiger partial charge in [0.1, 0.15) is 0 Å². The third-order valence-corrected chi connectivity index (χ3v) is 7.94. The van der Waals surface area contributed by atoms with Crippen molar-refractivity contribution in [1.82, 2.24) is 0 Å². The maximum Gasteiger partial charge on any atom is -0.00725 e. The van der Waals surface area contributed by atoms with E-state index in [1.54, 1.807) is 0 Å². The van der Waals surface area contributed by atoms with Crippen molar-refractivity contribution in [2.24, 2.45) is 0 Å². The SMILES string of the molecule is Cc1ccc(P(c2ccccc2)c2cccc3ccccc23)c(C)c1C. The van der Waals surface area contributed by atoms with Gasteiger partial charge in [-0.3, -0.25) is 0 Å². The molecule has 0 fully saturated rings. The highest BCUT2D eigenvalue weighted by Gasteiger charge is 2.21. The molecule has 0 saturated carbocycles. The summed E-state index contributed by atoms with van der Waals surface area (Å²) < 4.78 is 0. The van der Waals surface area contributed by atoms with Gasteiger partial charge in [0.25, 0.3) is 0 Å². The topological polar surface area (TPSA) is 0 Å². The van der Waals surface area contributed by atoms with Crippen molar-refractivity contribution in [2.45, 2.75) is 20.8 Å². The fourth-order valence-electron chi connectivity index (χ4n) is 3.57. The molecule has 0 nitrogen and oxygen atoms in total. The van der Waals surface area contributed by atoms with E-state index in [2.05, 4.69) is 106 Å². The quantitative estimate of drug-likeness (QED) is 0.425. The second kappa shape index (κ2) is 7.06. The first-order valence-electron chi connectivity index (χ1n) is 9.06. The minimum atomic E-state index is -0.595. The van der Waals surface area contributed by atoms with Gasteiger partial charge in [0.05, 0.1) is 0 Å². The summed E-state index contributed by atoms with van der Waals surface area (Å²) >= 11 is 0. The molecule has 0 aliphatic rings. The van der Waals surface area contributed by atoms with Crippen LogP contribution in [0, 0.1) is 20.8 Å². The molecule has 0 N–H and O–H groups in total. The molecule has 128 valence electrons. The largest absolute Gasteiger partial charge is 0.0622 e. The van der Waals surface area contributed by atoms with E-state index in [4.69, 9.17) is 0 Å². The zero-order valence-corrected chi connectivity index (χ0v) is 16.4. The first-order chi connectivity index (χ1) is 12.7. The summed E-state index contributed by atoms with van der Waals surface area (Å²) in [7, 11) is -0.595. The van der Waals surface area contributed by atoms with E-state index in [9.17, 15) is 0 Å². The lowest BCUT2D eigenvalue weighted by Crippen LogP contribution is -2.23. The van der Waals surface area contributed by atoms with E-state index in [-0.39, 0.29) is 0 Å². The average Bonchev–Trinajstić information content (AvgIpc) is 2.69. The summed E-state index contributed by atoms with van der Waals surface area (Å²) in [5.74, 6) is 0. The summed E-state index contributed by atoms with van der Waals surface area (Å²) in [5, 5.41) is 6.99. The lowest BCUT2D eigenvalue weighted by Gasteiger charge is -2.24. The molecule has 1 atom stereocenters. The molecule has 26 heavy (non-hydrogen) atoms.